The number of benzene rings is 1. The molecule has 0 saturated heterocycles. The Kier molecular flexibility index (Phi) is 4.12. The molecule has 6 heteroatoms. The van der Waals surface area contributed by atoms with Crippen molar-refractivity contribution in [1.29, 1.82) is 0 Å². The van der Waals surface area contributed by atoms with Crippen LogP contribution >= 0.6 is 0 Å². The lowest BCUT2D eigenvalue weighted by Crippen LogP contribution is -2.13. The number of halogens is 1. The summed E-state index contributed by atoms with van der Waals surface area (Å²) in [5.41, 5.74) is 4.28. The third kappa shape index (κ3) is 3.17. The minimum atomic E-state index is -0.869. The molecule has 0 unspecified atom stereocenters. The molecule has 2 N–H and O–H groups in total. The van der Waals surface area contributed by atoms with Crippen LogP contribution in [0.4, 0.5) is 10.1 Å². The molecule has 0 radical (unpaired) electrons. The lowest BCUT2D eigenvalue weighted by molar-refractivity contribution is -0.114. The molecular formula is C18H17FN4O. The fraction of sp³-hybridized carbons (Fsp3) is 0.167. The van der Waals surface area contributed by atoms with Gasteiger partial charge in [-0.1, -0.05) is 12.1 Å². The Morgan fingerprint density at radius 3 is 2.79 bits per heavy atom. The van der Waals surface area contributed by atoms with E-state index in [4.69, 9.17) is 0 Å². The minimum absolute atomic E-state index is 0.503. The molecule has 0 bridgehead atoms. The number of nitrogens with one attached hydrogen (secondary N) is 2. The monoisotopic (exact) mass is 324 g/mol. The predicted octanol–water partition coefficient (Wildman–Crippen LogP) is 3.83. The van der Waals surface area contributed by atoms with Crippen LogP contribution in [0.15, 0.2) is 36.3 Å². The maximum Gasteiger partial charge on any atom is 0.284 e. The van der Waals surface area contributed by atoms with Crippen molar-refractivity contribution in [3.05, 3.63) is 58.8 Å². The molecule has 0 aliphatic carbocycles. The van der Waals surface area contributed by atoms with Crippen LogP contribution < -0.4 is 5.32 Å². The van der Waals surface area contributed by atoms with E-state index in [1.807, 2.05) is 19.9 Å². The maximum atomic E-state index is 14.2. The number of rotatable bonds is 3. The van der Waals surface area contributed by atoms with Gasteiger partial charge in [-0.2, -0.15) is 5.10 Å². The SMILES string of the molecule is Cc1cnc(C)c(NC(=O)/C(F)=C/c2ccc3c(C)n[nH]c3c2)c1. The fourth-order valence-corrected chi connectivity index (χ4v) is 2.42. The van der Waals surface area contributed by atoms with Gasteiger partial charge in [-0.15, -0.1) is 0 Å². The largest absolute Gasteiger partial charge is 0.318 e. The Morgan fingerprint density at radius 2 is 2.00 bits per heavy atom. The van der Waals surface area contributed by atoms with Gasteiger partial charge in [0.15, 0.2) is 5.83 Å². The number of hydrogen-bond acceptors (Lipinski definition) is 3. The van der Waals surface area contributed by atoms with Crippen LogP contribution in [0.1, 0.15) is 22.5 Å². The molecule has 3 rings (SSSR count). The number of pyridine rings is 1. The van der Waals surface area contributed by atoms with E-state index in [0.29, 0.717) is 16.9 Å². The highest BCUT2D eigenvalue weighted by molar-refractivity contribution is 6.05. The standard InChI is InChI=1S/C18H17FN4O/c1-10-6-16(12(3)20-9-10)21-18(24)15(19)7-13-4-5-14-11(2)22-23-17(14)8-13/h4-9H,1-3H3,(H,21,24)(H,22,23)/b15-7-. The van der Waals surface area contributed by atoms with Crippen molar-refractivity contribution < 1.29 is 9.18 Å². The number of carbonyl (C=O) groups excluding carboxylic acids is 1. The van der Waals surface area contributed by atoms with Crippen LogP contribution in [0.5, 0.6) is 0 Å². The van der Waals surface area contributed by atoms with Gasteiger partial charge in [0.2, 0.25) is 0 Å². The first-order chi connectivity index (χ1) is 11.4. The molecular weight excluding hydrogens is 307 g/mol. The third-order valence-corrected chi connectivity index (χ3v) is 3.76. The number of anilines is 1. The molecule has 0 atom stereocenters. The molecule has 2 heterocycles. The van der Waals surface area contributed by atoms with Crippen LogP contribution in [0.3, 0.4) is 0 Å². The lowest BCUT2D eigenvalue weighted by atomic mass is 10.1. The number of H-pyrrole nitrogens is 1. The second-order valence-corrected chi connectivity index (χ2v) is 5.71. The lowest BCUT2D eigenvalue weighted by Gasteiger charge is -2.07. The third-order valence-electron chi connectivity index (χ3n) is 3.76. The molecule has 1 amide bonds. The van der Waals surface area contributed by atoms with Crippen molar-refractivity contribution in [2.45, 2.75) is 20.8 Å². The first-order valence-corrected chi connectivity index (χ1v) is 7.50. The van der Waals surface area contributed by atoms with Gasteiger partial charge in [0.1, 0.15) is 0 Å². The average molecular weight is 324 g/mol. The molecule has 0 fully saturated rings. The highest BCUT2D eigenvalue weighted by Crippen LogP contribution is 2.20. The summed E-state index contributed by atoms with van der Waals surface area (Å²) >= 11 is 0. The minimum Gasteiger partial charge on any atom is -0.318 e. The molecule has 3 aromatic rings. The zero-order valence-corrected chi connectivity index (χ0v) is 13.6. The predicted molar refractivity (Wildman–Crippen MR) is 92.3 cm³/mol. The highest BCUT2D eigenvalue weighted by atomic mass is 19.1. The van der Waals surface area contributed by atoms with E-state index in [1.165, 1.54) is 6.08 Å². The molecule has 0 aliphatic heterocycles. The Morgan fingerprint density at radius 1 is 1.21 bits per heavy atom. The number of aromatic amines is 1. The number of aromatic nitrogens is 3. The van der Waals surface area contributed by atoms with Gasteiger partial charge in [-0.25, -0.2) is 4.39 Å². The number of hydrogen-bond donors (Lipinski definition) is 2. The summed E-state index contributed by atoms with van der Waals surface area (Å²) in [4.78, 5) is 16.2. The van der Waals surface area contributed by atoms with Crippen molar-refractivity contribution in [2.75, 3.05) is 5.32 Å². The summed E-state index contributed by atoms with van der Waals surface area (Å²) in [5, 5.41) is 10.5. The zero-order chi connectivity index (χ0) is 17.3. The second-order valence-electron chi connectivity index (χ2n) is 5.71. The summed E-state index contributed by atoms with van der Waals surface area (Å²) in [6, 6.07) is 7.10. The van der Waals surface area contributed by atoms with Crippen molar-refractivity contribution >= 4 is 28.6 Å². The van der Waals surface area contributed by atoms with Gasteiger partial charge >= 0.3 is 0 Å². The van der Waals surface area contributed by atoms with Gasteiger partial charge in [0.05, 0.1) is 22.6 Å². The number of amides is 1. The van der Waals surface area contributed by atoms with E-state index in [9.17, 15) is 9.18 Å². The van der Waals surface area contributed by atoms with Gasteiger partial charge in [-0.05, 0) is 50.1 Å². The number of aryl methyl sites for hydroxylation is 3. The van der Waals surface area contributed by atoms with Gasteiger partial charge in [0, 0.05) is 11.6 Å². The van der Waals surface area contributed by atoms with Crippen LogP contribution in [0, 0.1) is 20.8 Å². The first-order valence-electron chi connectivity index (χ1n) is 7.50. The summed E-state index contributed by atoms with van der Waals surface area (Å²) in [7, 11) is 0. The zero-order valence-electron chi connectivity index (χ0n) is 13.6. The molecule has 0 spiro atoms. The van der Waals surface area contributed by atoms with Crippen LogP contribution in [0.25, 0.3) is 17.0 Å². The maximum absolute atomic E-state index is 14.2. The quantitative estimate of drug-likeness (QED) is 0.719. The Balaban J connectivity index is 1.83. The molecule has 24 heavy (non-hydrogen) atoms. The first kappa shape index (κ1) is 15.9. The number of fused-ring (bicyclic) bond motifs is 1. The van der Waals surface area contributed by atoms with Crippen molar-refractivity contribution in [3.8, 4) is 0 Å². The van der Waals surface area contributed by atoms with E-state index < -0.39 is 11.7 Å². The second kappa shape index (κ2) is 6.23. The molecule has 0 saturated carbocycles. The van der Waals surface area contributed by atoms with Gasteiger partial charge in [-0.3, -0.25) is 14.9 Å². The van der Waals surface area contributed by atoms with E-state index in [2.05, 4.69) is 20.5 Å². The van der Waals surface area contributed by atoms with Gasteiger partial charge in [0.25, 0.3) is 5.91 Å². The Labute approximate surface area is 138 Å². The summed E-state index contributed by atoms with van der Waals surface area (Å²) in [6.07, 6.45) is 2.89. The van der Waals surface area contributed by atoms with E-state index >= 15 is 0 Å². The summed E-state index contributed by atoms with van der Waals surface area (Å²) in [5.74, 6) is -1.67. The molecule has 2 aromatic heterocycles. The molecule has 1 aromatic carbocycles. The van der Waals surface area contributed by atoms with Crippen LogP contribution in [-0.2, 0) is 4.79 Å². The molecule has 5 nitrogen and oxygen atoms in total. The smallest absolute Gasteiger partial charge is 0.284 e. The molecule has 122 valence electrons. The fourth-order valence-electron chi connectivity index (χ4n) is 2.42. The van der Waals surface area contributed by atoms with Gasteiger partial charge < -0.3 is 5.32 Å². The summed E-state index contributed by atoms with van der Waals surface area (Å²) < 4.78 is 14.2. The van der Waals surface area contributed by atoms with Crippen molar-refractivity contribution in [1.82, 2.24) is 15.2 Å². The van der Waals surface area contributed by atoms with Crippen molar-refractivity contribution in [3.63, 3.8) is 0 Å². The normalized spacial score (nSPS) is 11.8. The number of nitrogens with zero attached hydrogens (tertiary/aromatic N) is 2. The topological polar surface area (TPSA) is 70.7 Å². The van der Waals surface area contributed by atoms with E-state index in [0.717, 1.165) is 22.2 Å². The summed E-state index contributed by atoms with van der Waals surface area (Å²) in [6.45, 7) is 5.50. The highest BCUT2D eigenvalue weighted by Gasteiger charge is 2.12. The molecule has 0 aliphatic rings. The van der Waals surface area contributed by atoms with E-state index in [-0.39, 0.29) is 0 Å². The average Bonchev–Trinajstić information content (AvgIpc) is 2.91. The number of carbonyl (C=O) groups is 1. The van der Waals surface area contributed by atoms with Crippen LogP contribution in [-0.4, -0.2) is 21.1 Å². The van der Waals surface area contributed by atoms with Crippen molar-refractivity contribution in [2.24, 2.45) is 0 Å². The Hall–Kier alpha value is -3.02. The van der Waals surface area contributed by atoms with E-state index in [1.54, 1.807) is 31.3 Å². The van der Waals surface area contributed by atoms with Crippen LogP contribution in [0.2, 0.25) is 0 Å². The Bertz CT molecular complexity index is 959.